The lowest BCUT2D eigenvalue weighted by Crippen LogP contribution is -2.33. The number of nitrogens with one attached hydrogen (secondary N) is 1. The minimum absolute atomic E-state index is 0.0724. The van der Waals surface area contributed by atoms with Gasteiger partial charge >= 0.3 is 11.7 Å². The van der Waals surface area contributed by atoms with Crippen LogP contribution < -0.4 is 4.72 Å². The molecule has 1 aromatic rings. The second-order valence-electron chi connectivity index (χ2n) is 2.88. The number of hydrogen-bond acceptors (Lipinski definition) is 7. The second-order valence-corrected chi connectivity index (χ2v) is 4.07. The van der Waals surface area contributed by atoms with Gasteiger partial charge in [0.15, 0.2) is 5.03 Å². The third-order valence-electron chi connectivity index (χ3n) is 1.73. The van der Waals surface area contributed by atoms with Crippen LogP contribution in [0.3, 0.4) is 0 Å². The summed E-state index contributed by atoms with van der Waals surface area (Å²) in [6, 6.07) is 1.84. The van der Waals surface area contributed by atoms with Gasteiger partial charge in [-0.1, -0.05) is 0 Å². The molecule has 1 rings (SSSR count). The van der Waals surface area contributed by atoms with Crippen molar-refractivity contribution in [3.63, 3.8) is 0 Å². The first-order valence-corrected chi connectivity index (χ1v) is 5.86. The SMILES string of the molecule is O=C(O)[C@H](CS)NSc1ncccc1[N+](=O)[O-]. The maximum atomic E-state index is 10.7. The Morgan fingerprint density at radius 2 is 2.47 bits per heavy atom. The molecule has 1 atom stereocenters. The lowest BCUT2D eigenvalue weighted by molar-refractivity contribution is -0.388. The van der Waals surface area contributed by atoms with Gasteiger partial charge in [0.2, 0.25) is 0 Å². The fourth-order valence-corrected chi connectivity index (χ4v) is 2.06. The van der Waals surface area contributed by atoms with Gasteiger partial charge in [0.25, 0.3) is 0 Å². The van der Waals surface area contributed by atoms with Crippen molar-refractivity contribution in [3.05, 3.63) is 28.4 Å². The average molecular weight is 275 g/mol. The number of aliphatic carboxylic acids is 1. The van der Waals surface area contributed by atoms with E-state index in [-0.39, 0.29) is 16.5 Å². The fraction of sp³-hybridized carbons (Fsp3) is 0.250. The highest BCUT2D eigenvalue weighted by Gasteiger charge is 2.19. The lowest BCUT2D eigenvalue weighted by Gasteiger charge is -2.09. The van der Waals surface area contributed by atoms with Crippen molar-refractivity contribution in [2.24, 2.45) is 0 Å². The number of carboxylic acid groups (broad SMARTS) is 1. The zero-order chi connectivity index (χ0) is 12.8. The van der Waals surface area contributed by atoms with Crippen molar-refractivity contribution in [1.82, 2.24) is 9.71 Å². The Balaban J connectivity index is 2.75. The standard InChI is InChI=1S/C8H9N3O4S2/c12-8(13)5(4-16)10-17-7-6(11(14)15)2-1-3-9-7/h1-3,5,10,16H,4H2,(H,12,13)/t5-/m0/s1. The van der Waals surface area contributed by atoms with Crippen LogP contribution in [0, 0.1) is 10.1 Å². The molecule has 0 bridgehead atoms. The number of thiol groups is 1. The van der Waals surface area contributed by atoms with Gasteiger partial charge in [-0.3, -0.25) is 14.9 Å². The van der Waals surface area contributed by atoms with Crippen molar-refractivity contribution in [2.75, 3.05) is 5.75 Å². The van der Waals surface area contributed by atoms with Crippen LogP contribution in [0.2, 0.25) is 0 Å². The Morgan fingerprint density at radius 3 is 3.00 bits per heavy atom. The van der Waals surface area contributed by atoms with Gasteiger partial charge in [0.1, 0.15) is 6.04 Å². The van der Waals surface area contributed by atoms with Gasteiger partial charge in [0.05, 0.1) is 4.92 Å². The minimum Gasteiger partial charge on any atom is -0.480 e. The molecule has 0 spiro atoms. The van der Waals surface area contributed by atoms with Gasteiger partial charge in [0, 0.05) is 18.0 Å². The molecule has 0 saturated carbocycles. The summed E-state index contributed by atoms with van der Waals surface area (Å²) in [6.45, 7) is 0. The maximum Gasteiger partial charge on any atom is 0.322 e. The monoisotopic (exact) mass is 275 g/mol. The van der Waals surface area contributed by atoms with Gasteiger partial charge < -0.3 is 5.11 Å². The van der Waals surface area contributed by atoms with Crippen LogP contribution >= 0.6 is 24.6 Å². The molecule has 92 valence electrons. The van der Waals surface area contributed by atoms with E-state index in [2.05, 4.69) is 22.3 Å². The number of hydrogen-bond donors (Lipinski definition) is 3. The minimum atomic E-state index is -1.08. The molecule has 7 nitrogen and oxygen atoms in total. The predicted molar refractivity (Wildman–Crippen MR) is 65.2 cm³/mol. The first-order valence-electron chi connectivity index (χ1n) is 4.41. The van der Waals surface area contributed by atoms with Crippen LogP contribution in [0.25, 0.3) is 0 Å². The number of carboxylic acids is 1. The van der Waals surface area contributed by atoms with E-state index >= 15 is 0 Å². The summed E-state index contributed by atoms with van der Waals surface area (Å²) < 4.78 is 2.55. The number of carbonyl (C=O) groups is 1. The Kier molecular flexibility index (Phi) is 5.19. The largest absolute Gasteiger partial charge is 0.480 e. The predicted octanol–water partition coefficient (Wildman–Crippen LogP) is 0.970. The Morgan fingerprint density at radius 1 is 1.76 bits per heavy atom. The van der Waals surface area contributed by atoms with Gasteiger partial charge in [-0.15, -0.1) is 0 Å². The van der Waals surface area contributed by atoms with Crippen molar-refractivity contribution >= 4 is 36.2 Å². The average Bonchev–Trinajstić information content (AvgIpc) is 2.29. The van der Waals surface area contributed by atoms with E-state index in [9.17, 15) is 14.9 Å². The molecule has 2 N–H and O–H groups in total. The van der Waals surface area contributed by atoms with Crippen LogP contribution in [-0.4, -0.2) is 32.8 Å². The van der Waals surface area contributed by atoms with Gasteiger partial charge in [-0.25, -0.2) is 9.71 Å². The van der Waals surface area contributed by atoms with Crippen molar-refractivity contribution in [3.8, 4) is 0 Å². The summed E-state index contributed by atoms with van der Waals surface area (Å²) in [5.74, 6) is -1.01. The smallest absolute Gasteiger partial charge is 0.322 e. The van der Waals surface area contributed by atoms with Crippen LogP contribution in [0.5, 0.6) is 0 Å². The highest BCUT2D eigenvalue weighted by Crippen LogP contribution is 2.24. The summed E-state index contributed by atoms with van der Waals surface area (Å²) in [5, 5.41) is 19.5. The molecule has 0 amide bonds. The number of aromatic nitrogens is 1. The summed E-state index contributed by atoms with van der Waals surface area (Å²) in [6.07, 6.45) is 1.40. The van der Waals surface area contributed by atoms with E-state index in [1.54, 1.807) is 0 Å². The fourth-order valence-electron chi connectivity index (χ4n) is 0.893. The van der Waals surface area contributed by atoms with Crippen LogP contribution in [0.15, 0.2) is 23.4 Å². The zero-order valence-corrected chi connectivity index (χ0v) is 10.1. The van der Waals surface area contributed by atoms with E-state index in [1.807, 2.05) is 0 Å². The molecule has 0 unspecified atom stereocenters. The van der Waals surface area contributed by atoms with E-state index in [1.165, 1.54) is 18.3 Å². The van der Waals surface area contributed by atoms with Crippen molar-refractivity contribution in [2.45, 2.75) is 11.1 Å². The Hall–Kier alpha value is -1.32. The Labute approximate surface area is 106 Å². The molecule has 1 aromatic heterocycles. The van der Waals surface area contributed by atoms with E-state index in [0.717, 1.165) is 11.9 Å². The second kappa shape index (κ2) is 6.42. The highest BCUT2D eigenvalue weighted by molar-refractivity contribution is 7.97. The van der Waals surface area contributed by atoms with Gasteiger partial charge in [-0.2, -0.15) is 12.6 Å². The summed E-state index contributed by atoms with van der Waals surface area (Å²) in [4.78, 5) is 24.6. The summed E-state index contributed by atoms with van der Waals surface area (Å²) in [7, 11) is 0. The molecular weight excluding hydrogens is 266 g/mol. The molecule has 0 radical (unpaired) electrons. The quantitative estimate of drug-likeness (QED) is 0.307. The molecule has 9 heteroatoms. The number of nitrogens with zero attached hydrogens (tertiary/aromatic N) is 2. The lowest BCUT2D eigenvalue weighted by atomic mass is 10.4. The third kappa shape index (κ3) is 3.88. The number of rotatable bonds is 6. The molecule has 0 aliphatic heterocycles. The number of pyridine rings is 1. The first kappa shape index (κ1) is 13.7. The first-order chi connectivity index (χ1) is 8.06. The Bertz CT molecular complexity index is 429. The molecule has 0 aromatic carbocycles. The van der Waals surface area contributed by atoms with Gasteiger partial charge in [-0.05, 0) is 18.0 Å². The van der Waals surface area contributed by atoms with Crippen molar-refractivity contribution < 1.29 is 14.8 Å². The molecule has 0 fully saturated rings. The van der Waals surface area contributed by atoms with E-state index in [0.29, 0.717) is 0 Å². The molecule has 17 heavy (non-hydrogen) atoms. The van der Waals surface area contributed by atoms with E-state index < -0.39 is 16.9 Å². The topological polar surface area (TPSA) is 105 Å². The highest BCUT2D eigenvalue weighted by atomic mass is 32.2. The van der Waals surface area contributed by atoms with Crippen LogP contribution in [0.1, 0.15) is 0 Å². The molecule has 0 aliphatic rings. The zero-order valence-electron chi connectivity index (χ0n) is 8.44. The van der Waals surface area contributed by atoms with Crippen LogP contribution in [0.4, 0.5) is 5.69 Å². The summed E-state index contributed by atoms with van der Waals surface area (Å²) in [5.41, 5.74) is -0.173. The van der Waals surface area contributed by atoms with Crippen molar-refractivity contribution in [1.29, 1.82) is 0 Å². The van der Waals surface area contributed by atoms with Crippen LogP contribution in [-0.2, 0) is 4.79 Å². The summed E-state index contributed by atoms with van der Waals surface area (Å²) >= 11 is 4.66. The van der Waals surface area contributed by atoms with E-state index in [4.69, 9.17) is 5.11 Å². The number of nitro groups is 1. The third-order valence-corrected chi connectivity index (χ3v) is 3.00. The molecular formula is C8H9N3O4S2. The molecule has 1 heterocycles. The maximum absolute atomic E-state index is 10.7. The molecule has 0 aliphatic carbocycles. The molecule has 0 saturated heterocycles. The normalized spacial score (nSPS) is 12.1.